The van der Waals surface area contributed by atoms with Crippen LogP contribution in [0.3, 0.4) is 0 Å². The van der Waals surface area contributed by atoms with Crippen LogP contribution < -0.4 is 9.62 Å². The Labute approximate surface area is 191 Å². The second-order valence-corrected chi connectivity index (χ2v) is 9.99. The molecule has 1 saturated heterocycles. The van der Waals surface area contributed by atoms with Gasteiger partial charge in [0, 0.05) is 49.3 Å². The van der Waals surface area contributed by atoms with E-state index in [2.05, 4.69) is 25.7 Å². The molecule has 0 radical (unpaired) electrons. The first kappa shape index (κ1) is 20.8. The zero-order valence-corrected chi connectivity index (χ0v) is 19.1. The number of fused-ring (bicyclic) bond motifs is 1. The van der Waals surface area contributed by atoms with Crippen molar-refractivity contribution >= 4 is 44.2 Å². The third-order valence-corrected chi connectivity index (χ3v) is 7.29. The number of nitrogens with one attached hydrogen (secondary N) is 1. The number of benzene rings is 1. The van der Waals surface area contributed by atoms with Gasteiger partial charge in [0.05, 0.1) is 16.0 Å². The number of hydrogen-bond acceptors (Lipinski definition) is 5. The molecular formula is C23H22ClN5O2S. The third-order valence-electron chi connectivity index (χ3n) is 5.69. The Morgan fingerprint density at radius 2 is 1.81 bits per heavy atom. The second-order valence-electron chi connectivity index (χ2n) is 7.87. The van der Waals surface area contributed by atoms with Crippen LogP contribution in [0.15, 0.2) is 66.0 Å². The smallest absolute Gasteiger partial charge is 0.261 e. The molecule has 9 heteroatoms. The quantitative estimate of drug-likeness (QED) is 0.460. The summed E-state index contributed by atoms with van der Waals surface area (Å²) in [5.74, 6) is 0.932. The molecule has 1 aliphatic heterocycles. The largest absolute Gasteiger partial charge is 0.357 e. The Hall–Kier alpha value is -3.10. The third kappa shape index (κ3) is 3.80. The molecule has 5 rings (SSSR count). The minimum Gasteiger partial charge on any atom is -0.357 e. The van der Waals surface area contributed by atoms with Crippen LogP contribution in [0.4, 0.5) is 11.5 Å². The molecule has 0 spiro atoms. The van der Waals surface area contributed by atoms with Crippen molar-refractivity contribution in [2.75, 3.05) is 22.7 Å². The van der Waals surface area contributed by atoms with Crippen LogP contribution >= 0.6 is 11.6 Å². The van der Waals surface area contributed by atoms with Gasteiger partial charge >= 0.3 is 0 Å². The summed E-state index contributed by atoms with van der Waals surface area (Å²) in [6.45, 7) is 2.00. The van der Waals surface area contributed by atoms with Crippen LogP contribution in [0.2, 0.25) is 5.02 Å². The molecule has 164 valence electrons. The SMILES string of the molecule is Cn1cc(-c2ccnc(N3CCCC3)c2)c2c(NS(=O)(=O)c3cccc(Cl)c3)ccnc21. The highest BCUT2D eigenvalue weighted by Gasteiger charge is 2.21. The second kappa shape index (κ2) is 8.11. The van der Waals surface area contributed by atoms with Gasteiger partial charge in [-0.3, -0.25) is 4.72 Å². The fourth-order valence-corrected chi connectivity index (χ4v) is 5.52. The van der Waals surface area contributed by atoms with E-state index in [9.17, 15) is 8.42 Å². The number of aromatic nitrogens is 3. The number of hydrogen-bond donors (Lipinski definition) is 1. The van der Waals surface area contributed by atoms with Crippen LogP contribution in [-0.4, -0.2) is 36.0 Å². The number of rotatable bonds is 5. The van der Waals surface area contributed by atoms with Gasteiger partial charge in [-0.1, -0.05) is 17.7 Å². The lowest BCUT2D eigenvalue weighted by molar-refractivity contribution is 0.601. The van der Waals surface area contributed by atoms with Gasteiger partial charge < -0.3 is 9.47 Å². The fraction of sp³-hybridized carbons (Fsp3) is 0.217. The number of aryl methyl sites for hydroxylation is 1. The van der Waals surface area contributed by atoms with Crippen molar-refractivity contribution in [2.45, 2.75) is 17.7 Å². The van der Waals surface area contributed by atoms with E-state index < -0.39 is 10.0 Å². The molecule has 0 atom stereocenters. The number of nitrogens with zero attached hydrogens (tertiary/aromatic N) is 4. The lowest BCUT2D eigenvalue weighted by Crippen LogP contribution is -2.18. The number of anilines is 2. The van der Waals surface area contributed by atoms with Gasteiger partial charge in [0.2, 0.25) is 0 Å². The molecule has 1 N–H and O–H groups in total. The van der Waals surface area contributed by atoms with E-state index in [1.54, 1.807) is 30.6 Å². The molecule has 3 aromatic heterocycles. The monoisotopic (exact) mass is 467 g/mol. The lowest BCUT2D eigenvalue weighted by Gasteiger charge is -2.17. The van der Waals surface area contributed by atoms with Crippen LogP contribution in [0.25, 0.3) is 22.2 Å². The Bertz CT molecular complexity index is 1410. The van der Waals surface area contributed by atoms with E-state index >= 15 is 0 Å². The highest BCUT2D eigenvalue weighted by atomic mass is 35.5. The van der Waals surface area contributed by atoms with Gasteiger partial charge in [-0.25, -0.2) is 18.4 Å². The zero-order chi connectivity index (χ0) is 22.3. The number of pyridine rings is 2. The predicted octanol–water partition coefficient (Wildman–Crippen LogP) is 4.69. The molecular weight excluding hydrogens is 446 g/mol. The lowest BCUT2D eigenvalue weighted by atomic mass is 10.1. The summed E-state index contributed by atoms with van der Waals surface area (Å²) < 4.78 is 30.8. The maximum Gasteiger partial charge on any atom is 0.261 e. The fourth-order valence-electron chi connectivity index (χ4n) is 4.15. The van der Waals surface area contributed by atoms with Crippen molar-refractivity contribution in [3.05, 3.63) is 66.1 Å². The standard InChI is InChI=1S/C23H22ClN5O2S/c1-28-15-19(16-7-9-25-21(13-16)29-11-2-3-12-29)22-20(8-10-26-23(22)28)27-32(30,31)18-6-4-5-17(24)14-18/h4-10,13-15H,2-3,11-12H2,1H3,(H,26,27). The van der Waals surface area contributed by atoms with Gasteiger partial charge in [-0.2, -0.15) is 0 Å². The maximum absolute atomic E-state index is 13.1. The summed E-state index contributed by atoms with van der Waals surface area (Å²) in [6.07, 6.45) is 7.70. The first-order valence-electron chi connectivity index (χ1n) is 10.4. The van der Waals surface area contributed by atoms with Crippen LogP contribution in [0.5, 0.6) is 0 Å². The van der Waals surface area contributed by atoms with Crippen molar-refractivity contribution < 1.29 is 8.42 Å². The van der Waals surface area contributed by atoms with Gasteiger partial charge in [0.1, 0.15) is 11.5 Å². The molecule has 4 aromatic rings. The summed E-state index contributed by atoms with van der Waals surface area (Å²) in [4.78, 5) is 11.4. The highest BCUT2D eigenvalue weighted by Crippen LogP contribution is 2.36. The van der Waals surface area contributed by atoms with Crippen molar-refractivity contribution in [2.24, 2.45) is 7.05 Å². The van der Waals surface area contributed by atoms with E-state index in [1.807, 2.05) is 23.9 Å². The molecule has 0 saturated carbocycles. The van der Waals surface area contributed by atoms with Crippen LogP contribution in [0.1, 0.15) is 12.8 Å². The summed E-state index contributed by atoms with van der Waals surface area (Å²) in [5.41, 5.74) is 3.00. The number of halogens is 1. The summed E-state index contributed by atoms with van der Waals surface area (Å²) in [5, 5.41) is 1.10. The van der Waals surface area contributed by atoms with Gasteiger partial charge in [0.15, 0.2) is 0 Å². The van der Waals surface area contributed by atoms with E-state index in [0.29, 0.717) is 16.4 Å². The first-order chi connectivity index (χ1) is 15.4. The van der Waals surface area contributed by atoms with Gasteiger partial charge in [0.25, 0.3) is 10.0 Å². The topological polar surface area (TPSA) is 80.1 Å². The average molecular weight is 468 g/mol. The Morgan fingerprint density at radius 3 is 2.59 bits per heavy atom. The number of sulfonamides is 1. The van der Waals surface area contributed by atoms with Crippen LogP contribution in [-0.2, 0) is 17.1 Å². The van der Waals surface area contributed by atoms with E-state index in [0.717, 1.165) is 35.4 Å². The van der Waals surface area contributed by atoms with E-state index in [4.69, 9.17) is 11.6 Å². The molecule has 0 aliphatic carbocycles. The van der Waals surface area contributed by atoms with E-state index in [-0.39, 0.29) is 4.90 Å². The Morgan fingerprint density at radius 1 is 1.03 bits per heavy atom. The molecule has 7 nitrogen and oxygen atoms in total. The van der Waals surface area contributed by atoms with Crippen molar-refractivity contribution in [3.63, 3.8) is 0 Å². The first-order valence-corrected chi connectivity index (χ1v) is 12.2. The minimum atomic E-state index is -3.83. The predicted molar refractivity (Wildman–Crippen MR) is 128 cm³/mol. The molecule has 0 amide bonds. The van der Waals surface area contributed by atoms with Crippen molar-refractivity contribution in [1.29, 1.82) is 0 Å². The summed E-state index contributed by atoms with van der Waals surface area (Å²) in [6, 6.07) is 11.9. The van der Waals surface area contributed by atoms with Crippen LogP contribution in [0, 0.1) is 0 Å². The normalized spacial score (nSPS) is 14.2. The van der Waals surface area contributed by atoms with Gasteiger partial charge in [-0.15, -0.1) is 0 Å². The molecule has 1 aromatic carbocycles. The van der Waals surface area contributed by atoms with Crippen molar-refractivity contribution in [3.8, 4) is 11.1 Å². The van der Waals surface area contributed by atoms with Gasteiger partial charge in [-0.05, 0) is 54.8 Å². The molecule has 32 heavy (non-hydrogen) atoms. The Kier molecular flexibility index (Phi) is 5.27. The van der Waals surface area contributed by atoms with Crippen molar-refractivity contribution in [1.82, 2.24) is 14.5 Å². The molecule has 1 fully saturated rings. The Balaban J connectivity index is 1.61. The average Bonchev–Trinajstić information content (AvgIpc) is 3.43. The maximum atomic E-state index is 13.1. The van der Waals surface area contributed by atoms with E-state index in [1.165, 1.54) is 25.0 Å². The molecule has 4 heterocycles. The zero-order valence-electron chi connectivity index (χ0n) is 17.5. The molecule has 1 aliphatic rings. The molecule has 0 bridgehead atoms. The summed E-state index contributed by atoms with van der Waals surface area (Å²) >= 11 is 6.01. The minimum absolute atomic E-state index is 0.104. The highest BCUT2D eigenvalue weighted by molar-refractivity contribution is 7.92. The summed E-state index contributed by atoms with van der Waals surface area (Å²) in [7, 11) is -1.93. The molecule has 0 unspecified atom stereocenters.